The summed E-state index contributed by atoms with van der Waals surface area (Å²) in [5.41, 5.74) is 0.457. The molecule has 0 aromatic heterocycles. The van der Waals surface area contributed by atoms with E-state index >= 15 is 0 Å². The first-order chi connectivity index (χ1) is 9.30. The van der Waals surface area contributed by atoms with Crippen LogP contribution in [0, 0.1) is 5.41 Å². The van der Waals surface area contributed by atoms with Crippen LogP contribution in [0.2, 0.25) is 0 Å². The van der Waals surface area contributed by atoms with Crippen molar-refractivity contribution in [2.45, 2.75) is 46.2 Å². The molecule has 1 atom stereocenters. The van der Waals surface area contributed by atoms with Crippen molar-refractivity contribution >= 4 is 0 Å². The van der Waals surface area contributed by atoms with Gasteiger partial charge in [0.15, 0.2) is 0 Å². The molecule has 4 heteroatoms. The number of hydrogen-bond donors (Lipinski definition) is 1. The summed E-state index contributed by atoms with van der Waals surface area (Å²) >= 11 is 0. The molecule has 0 spiro atoms. The summed E-state index contributed by atoms with van der Waals surface area (Å²) in [4.78, 5) is 0. The molecule has 0 aliphatic rings. The summed E-state index contributed by atoms with van der Waals surface area (Å²) in [5, 5.41) is 3.40. The van der Waals surface area contributed by atoms with Crippen LogP contribution in [-0.2, 0) is 12.6 Å². The summed E-state index contributed by atoms with van der Waals surface area (Å²) < 4.78 is 37.6. The van der Waals surface area contributed by atoms with Crippen molar-refractivity contribution in [3.8, 4) is 0 Å². The van der Waals surface area contributed by atoms with Crippen LogP contribution >= 0.6 is 0 Å². The van der Waals surface area contributed by atoms with Crippen LogP contribution in [0.4, 0.5) is 13.2 Å². The molecule has 1 nitrogen and oxygen atoms in total. The smallest absolute Gasteiger partial charge is 0.316 e. The Hall–Kier alpha value is -1.03. The van der Waals surface area contributed by atoms with Gasteiger partial charge < -0.3 is 5.32 Å². The molecule has 0 radical (unpaired) electrons. The molecule has 1 rings (SSSR count). The highest BCUT2D eigenvalue weighted by atomic mass is 19.4. The predicted octanol–water partition coefficient (Wildman–Crippen LogP) is 4.66. The number of rotatable bonds is 7. The van der Waals surface area contributed by atoms with Gasteiger partial charge in [-0.15, -0.1) is 0 Å². The topological polar surface area (TPSA) is 12.0 Å². The van der Waals surface area contributed by atoms with Gasteiger partial charge in [-0.2, -0.15) is 13.2 Å². The quantitative estimate of drug-likeness (QED) is 0.719. The van der Waals surface area contributed by atoms with E-state index < -0.39 is 11.7 Å². The zero-order valence-corrected chi connectivity index (χ0v) is 12.5. The third-order valence-electron chi connectivity index (χ3n) is 3.74. The van der Waals surface area contributed by atoms with E-state index in [2.05, 4.69) is 26.1 Å². The Labute approximate surface area is 119 Å². The molecule has 1 unspecified atom stereocenters. The normalized spacial score (nSPS) is 15.1. The standard InChI is InChI=1S/C16H24F3N/c1-4-10-20-12-15(3,5-2)11-13-6-8-14(9-7-13)16(17,18)19/h6-9,20H,4-5,10-12H2,1-3H3. The number of nitrogens with one attached hydrogen (secondary N) is 1. The van der Waals surface area contributed by atoms with Crippen LogP contribution in [0.5, 0.6) is 0 Å². The van der Waals surface area contributed by atoms with Crippen molar-refractivity contribution in [1.29, 1.82) is 0 Å². The number of alkyl halides is 3. The third kappa shape index (κ3) is 5.16. The number of hydrogen-bond acceptors (Lipinski definition) is 1. The van der Waals surface area contributed by atoms with Crippen LogP contribution in [0.1, 0.15) is 44.7 Å². The summed E-state index contributed by atoms with van der Waals surface area (Å²) in [6.07, 6.45) is -1.39. The molecule has 114 valence electrons. The monoisotopic (exact) mass is 287 g/mol. The van der Waals surface area contributed by atoms with Gasteiger partial charge in [0.05, 0.1) is 5.56 Å². The SMILES string of the molecule is CCCNCC(C)(CC)Cc1ccc(C(F)(F)F)cc1. The fraction of sp³-hybridized carbons (Fsp3) is 0.625. The fourth-order valence-corrected chi connectivity index (χ4v) is 2.18. The first kappa shape index (κ1) is 17.0. The second-order valence-electron chi connectivity index (χ2n) is 5.71. The van der Waals surface area contributed by atoms with Crippen molar-refractivity contribution in [3.63, 3.8) is 0 Å². The third-order valence-corrected chi connectivity index (χ3v) is 3.74. The average molecular weight is 287 g/mol. The van der Waals surface area contributed by atoms with Crippen molar-refractivity contribution in [2.24, 2.45) is 5.41 Å². The maximum atomic E-state index is 12.5. The second kappa shape index (κ2) is 7.11. The molecular weight excluding hydrogens is 263 g/mol. The van der Waals surface area contributed by atoms with Gasteiger partial charge in [0.1, 0.15) is 0 Å². The Morgan fingerprint density at radius 1 is 1.05 bits per heavy atom. The van der Waals surface area contributed by atoms with Gasteiger partial charge in [-0.1, -0.05) is 32.9 Å². The molecule has 0 saturated heterocycles. The minimum Gasteiger partial charge on any atom is -0.316 e. The zero-order valence-electron chi connectivity index (χ0n) is 12.5. The molecule has 0 amide bonds. The fourth-order valence-electron chi connectivity index (χ4n) is 2.18. The Bertz CT molecular complexity index is 397. The highest BCUT2D eigenvalue weighted by Gasteiger charge is 2.30. The lowest BCUT2D eigenvalue weighted by atomic mass is 9.81. The largest absolute Gasteiger partial charge is 0.416 e. The van der Waals surface area contributed by atoms with Gasteiger partial charge in [-0.05, 0) is 48.9 Å². The first-order valence-electron chi connectivity index (χ1n) is 7.17. The van der Waals surface area contributed by atoms with Crippen molar-refractivity contribution < 1.29 is 13.2 Å². The molecule has 1 aromatic rings. The van der Waals surface area contributed by atoms with E-state index in [0.29, 0.717) is 0 Å². The molecular formula is C16H24F3N. The van der Waals surface area contributed by atoms with E-state index in [4.69, 9.17) is 0 Å². The van der Waals surface area contributed by atoms with Crippen molar-refractivity contribution in [3.05, 3.63) is 35.4 Å². The van der Waals surface area contributed by atoms with Gasteiger partial charge in [-0.25, -0.2) is 0 Å². The Morgan fingerprint density at radius 2 is 1.65 bits per heavy atom. The highest BCUT2D eigenvalue weighted by Crippen LogP contribution is 2.31. The second-order valence-corrected chi connectivity index (χ2v) is 5.71. The molecule has 0 fully saturated rings. The summed E-state index contributed by atoms with van der Waals surface area (Å²) in [6, 6.07) is 5.53. The van der Waals surface area contributed by atoms with Gasteiger partial charge >= 0.3 is 6.18 Å². The highest BCUT2D eigenvalue weighted by molar-refractivity contribution is 5.25. The number of halogens is 3. The van der Waals surface area contributed by atoms with Crippen LogP contribution < -0.4 is 5.32 Å². The van der Waals surface area contributed by atoms with Gasteiger partial charge in [-0.3, -0.25) is 0 Å². The molecule has 0 bridgehead atoms. The Kier molecular flexibility index (Phi) is 6.06. The van der Waals surface area contributed by atoms with E-state index in [9.17, 15) is 13.2 Å². The summed E-state index contributed by atoms with van der Waals surface area (Å²) in [5.74, 6) is 0. The maximum absolute atomic E-state index is 12.5. The van der Waals surface area contributed by atoms with E-state index in [1.807, 2.05) is 0 Å². The molecule has 0 aliphatic heterocycles. The lowest BCUT2D eigenvalue weighted by molar-refractivity contribution is -0.137. The van der Waals surface area contributed by atoms with Crippen molar-refractivity contribution in [1.82, 2.24) is 5.32 Å². The molecule has 1 N–H and O–H groups in total. The predicted molar refractivity (Wildman–Crippen MR) is 76.7 cm³/mol. The molecule has 0 aliphatic carbocycles. The van der Waals surface area contributed by atoms with E-state index in [0.717, 1.165) is 37.9 Å². The van der Waals surface area contributed by atoms with E-state index in [1.165, 1.54) is 12.1 Å². The average Bonchev–Trinajstić information content (AvgIpc) is 2.38. The molecule has 0 saturated carbocycles. The van der Waals surface area contributed by atoms with Gasteiger partial charge in [0, 0.05) is 6.54 Å². The molecule has 0 heterocycles. The number of benzene rings is 1. The lowest BCUT2D eigenvalue weighted by Crippen LogP contribution is -2.33. The van der Waals surface area contributed by atoms with Crippen LogP contribution in [0.25, 0.3) is 0 Å². The van der Waals surface area contributed by atoms with Gasteiger partial charge in [0.2, 0.25) is 0 Å². The first-order valence-corrected chi connectivity index (χ1v) is 7.17. The zero-order chi connectivity index (χ0) is 15.2. The van der Waals surface area contributed by atoms with Crippen LogP contribution in [0.3, 0.4) is 0 Å². The lowest BCUT2D eigenvalue weighted by Gasteiger charge is -2.29. The Balaban J connectivity index is 2.70. The summed E-state index contributed by atoms with van der Waals surface area (Å²) in [7, 11) is 0. The summed E-state index contributed by atoms with van der Waals surface area (Å²) in [6.45, 7) is 8.28. The maximum Gasteiger partial charge on any atom is 0.416 e. The van der Waals surface area contributed by atoms with Crippen LogP contribution in [-0.4, -0.2) is 13.1 Å². The van der Waals surface area contributed by atoms with Gasteiger partial charge in [0.25, 0.3) is 0 Å². The minimum absolute atomic E-state index is 0.0783. The molecule has 1 aromatic carbocycles. The minimum atomic E-state index is -4.25. The van der Waals surface area contributed by atoms with Crippen LogP contribution in [0.15, 0.2) is 24.3 Å². The van der Waals surface area contributed by atoms with E-state index in [-0.39, 0.29) is 5.41 Å². The van der Waals surface area contributed by atoms with E-state index in [1.54, 1.807) is 12.1 Å². The Morgan fingerprint density at radius 3 is 2.10 bits per heavy atom. The molecule has 20 heavy (non-hydrogen) atoms. The van der Waals surface area contributed by atoms with Crippen molar-refractivity contribution in [2.75, 3.05) is 13.1 Å².